The molecule has 3 rings (SSSR count). The number of carbonyl (C=O) groups is 1. The van der Waals surface area contributed by atoms with Gasteiger partial charge in [0.05, 0.1) is 17.3 Å². The van der Waals surface area contributed by atoms with Crippen LogP contribution in [0.25, 0.3) is 0 Å². The van der Waals surface area contributed by atoms with E-state index in [2.05, 4.69) is 11.4 Å². The molecule has 0 spiro atoms. The molecule has 1 unspecified atom stereocenters. The van der Waals surface area contributed by atoms with E-state index in [-0.39, 0.29) is 17.3 Å². The summed E-state index contributed by atoms with van der Waals surface area (Å²) in [6.07, 6.45) is 0.873. The summed E-state index contributed by atoms with van der Waals surface area (Å²) in [5, 5.41) is 12.2. The standard InChI is InChI=1S/C16H14FNO2S/c17-12-6-5-10(16(19)20)9-14(12)18-13-7-8-21-15-4-2-1-3-11(13)15/h1-6,9,13,18H,7-8H2,(H,19,20). The predicted molar refractivity (Wildman–Crippen MR) is 81.5 cm³/mol. The molecule has 2 aromatic rings. The summed E-state index contributed by atoms with van der Waals surface area (Å²) in [5.74, 6) is -0.539. The minimum absolute atomic E-state index is 0.000921. The lowest BCUT2D eigenvalue weighted by atomic mass is 10.0. The van der Waals surface area contributed by atoms with Crippen molar-refractivity contribution in [1.82, 2.24) is 0 Å². The van der Waals surface area contributed by atoms with Gasteiger partial charge in [0.25, 0.3) is 0 Å². The van der Waals surface area contributed by atoms with E-state index in [1.807, 2.05) is 18.2 Å². The molecule has 3 nitrogen and oxygen atoms in total. The van der Waals surface area contributed by atoms with E-state index < -0.39 is 11.8 Å². The Morgan fingerprint density at radius 3 is 2.90 bits per heavy atom. The summed E-state index contributed by atoms with van der Waals surface area (Å²) < 4.78 is 13.9. The molecule has 21 heavy (non-hydrogen) atoms. The number of fused-ring (bicyclic) bond motifs is 1. The molecule has 2 aromatic carbocycles. The second kappa shape index (κ2) is 5.77. The predicted octanol–water partition coefficient (Wildman–Crippen LogP) is 4.17. The van der Waals surface area contributed by atoms with Crippen molar-refractivity contribution in [3.63, 3.8) is 0 Å². The van der Waals surface area contributed by atoms with Gasteiger partial charge >= 0.3 is 5.97 Å². The van der Waals surface area contributed by atoms with Crippen LogP contribution in [0.15, 0.2) is 47.4 Å². The highest BCUT2D eigenvalue weighted by Crippen LogP contribution is 2.38. The van der Waals surface area contributed by atoms with Crippen LogP contribution < -0.4 is 5.32 Å². The van der Waals surface area contributed by atoms with Gasteiger partial charge in [0.15, 0.2) is 0 Å². The van der Waals surface area contributed by atoms with Gasteiger partial charge in [-0.05, 0) is 36.2 Å². The van der Waals surface area contributed by atoms with Crippen molar-refractivity contribution >= 4 is 23.4 Å². The van der Waals surface area contributed by atoms with Gasteiger partial charge in [-0.3, -0.25) is 0 Å². The fraction of sp³-hybridized carbons (Fsp3) is 0.188. The van der Waals surface area contributed by atoms with Crippen LogP contribution in [0.1, 0.15) is 28.4 Å². The van der Waals surface area contributed by atoms with Crippen LogP contribution in [0.3, 0.4) is 0 Å². The highest BCUT2D eigenvalue weighted by atomic mass is 32.2. The van der Waals surface area contributed by atoms with E-state index >= 15 is 0 Å². The molecule has 108 valence electrons. The molecule has 1 atom stereocenters. The first-order chi connectivity index (χ1) is 10.1. The van der Waals surface area contributed by atoms with Crippen molar-refractivity contribution in [2.75, 3.05) is 11.1 Å². The smallest absolute Gasteiger partial charge is 0.335 e. The number of anilines is 1. The largest absolute Gasteiger partial charge is 0.478 e. The van der Waals surface area contributed by atoms with E-state index in [1.54, 1.807) is 11.8 Å². The summed E-state index contributed by atoms with van der Waals surface area (Å²) in [5.41, 5.74) is 1.45. The first-order valence-electron chi connectivity index (χ1n) is 6.66. The van der Waals surface area contributed by atoms with E-state index in [9.17, 15) is 9.18 Å². The Hall–Kier alpha value is -2.01. The average molecular weight is 303 g/mol. The van der Waals surface area contributed by atoms with Crippen LogP contribution in [0.2, 0.25) is 0 Å². The molecular weight excluding hydrogens is 289 g/mol. The summed E-state index contributed by atoms with van der Waals surface area (Å²) in [4.78, 5) is 12.2. The maximum atomic E-state index is 13.9. The molecule has 0 amide bonds. The molecule has 0 saturated heterocycles. The van der Waals surface area contributed by atoms with Crippen LogP contribution in [0.5, 0.6) is 0 Å². The summed E-state index contributed by atoms with van der Waals surface area (Å²) in [7, 11) is 0. The third kappa shape index (κ3) is 2.88. The zero-order chi connectivity index (χ0) is 14.8. The van der Waals surface area contributed by atoms with Gasteiger partial charge < -0.3 is 10.4 Å². The minimum Gasteiger partial charge on any atom is -0.478 e. The van der Waals surface area contributed by atoms with Gasteiger partial charge in [0, 0.05) is 10.6 Å². The van der Waals surface area contributed by atoms with Crippen molar-refractivity contribution in [3.8, 4) is 0 Å². The second-order valence-corrected chi connectivity index (χ2v) is 6.01. The summed E-state index contributed by atoms with van der Waals surface area (Å²) in [6, 6.07) is 11.8. The van der Waals surface area contributed by atoms with Gasteiger partial charge in [-0.15, -0.1) is 11.8 Å². The average Bonchev–Trinajstić information content (AvgIpc) is 2.49. The fourth-order valence-corrected chi connectivity index (χ4v) is 3.57. The van der Waals surface area contributed by atoms with Gasteiger partial charge in [-0.2, -0.15) is 0 Å². The Morgan fingerprint density at radius 2 is 2.10 bits per heavy atom. The number of thioether (sulfide) groups is 1. The van der Waals surface area contributed by atoms with E-state index in [1.165, 1.54) is 23.1 Å². The van der Waals surface area contributed by atoms with E-state index in [4.69, 9.17) is 5.11 Å². The highest BCUT2D eigenvalue weighted by Gasteiger charge is 2.21. The monoisotopic (exact) mass is 303 g/mol. The molecule has 2 N–H and O–H groups in total. The molecule has 0 aliphatic carbocycles. The highest BCUT2D eigenvalue weighted by molar-refractivity contribution is 7.99. The number of hydrogen-bond acceptors (Lipinski definition) is 3. The van der Waals surface area contributed by atoms with Gasteiger partial charge in [-0.25, -0.2) is 9.18 Å². The fourth-order valence-electron chi connectivity index (χ4n) is 2.45. The third-order valence-corrected chi connectivity index (χ3v) is 4.62. The number of aromatic carboxylic acids is 1. The molecular formula is C16H14FNO2S. The Kier molecular flexibility index (Phi) is 3.84. The first kappa shape index (κ1) is 13.9. The SMILES string of the molecule is O=C(O)c1ccc(F)c(NC2CCSc3ccccc32)c1. The Labute approximate surface area is 126 Å². The van der Waals surface area contributed by atoms with E-state index in [0.29, 0.717) is 0 Å². The van der Waals surface area contributed by atoms with E-state index in [0.717, 1.165) is 17.7 Å². The molecule has 0 bridgehead atoms. The molecule has 0 fully saturated rings. The Balaban J connectivity index is 1.91. The zero-order valence-corrected chi connectivity index (χ0v) is 12.0. The van der Waals surface area contributed by atoms with Crippen molar-refractivity contribution < 1.29 is 14.3 Å². The lowest BCUT2D eigenvalue weighted by molar-refractivity contribution is 0.0697. The van der Waals surface area contributed by atoms with Crippen molar-refractivity contribution in [3.05, 3.63) is 59.4 Å². The molecule has 1 heterocycles. The number of nitrogens with one attached hydrogen (secondary N) is 1. The molecule has 5 heteroatoms. The number of benzene rings is 2. The zero-order valence-electron chi connectivity index (χ0n) is 11.2. The summed E-state index contributed by atoms with van der Waals surface area (Å²) in [6.45, 7) is 0. The molecule has 0 saturated carbocycles. The van der Waals surface area contributed by atoms with Crippen molar-refractivity contribution in [2.24, 2.45) is 0 Å². The number of halogens is 1. The van der Waals surface area contributed by atoms with Gasteiger partial charge in [0.1, 0.15) is 5.82 Å². The third-order valence-electron chi connectivity index (χ3n) is 3.50. The van der Waals surface area contributed by atoms with Crippen molar-refractivity contribution in [1.29, 1.82) is 0 Å². The topological polar surface area (TPSA) is 49.3 Å². The van der Waals surface area contributed by atoms with Crippen LogP contribution in [-0.2, 0) is 0 Å². The molecule has 0 radical (unpaired) electrons. The maximum absolute atomic E-state index is 13.9. The van der Waals surface area contributed by atoms with Crippen LogP contribution in [0, 0.1) is 5.82 Å². The maximum Gasteiger partial charge on any atom is 0.335 e. The molecule has 1 aliphatic rings. The number of carboxylic acids is 1. The van der Waals surface area contributed by atoms with Crippen LogP contribution in [0.4, 0.5) is 10.1 Å². The lowest BCUT2D eigenvalue weighted by Crippen LogP contribution is -2.17. The van der Waals surface area contributed by atoms with Gasteiger partial charge in [0.2, 0.25) is 0 Å². The van der Waals surface area contributed by atoms with Crippen LogP contribution in [-0.4, -0.2) is 16.8 Å². The second-order valence-electron chi connectivity index (χ2n) is 4.87. The molecule has 0 aromatic heterocycles. The number of rotatable bonds is 3. The lowest BCUT2D eigenvalue weighted by Gasteiger charge is -2.27. The summed E-state index contributed by atoms with van der Waals surface area (Å²) >= 11 is 1.79. The number of hydrogen-bond donors (Lipinski definition) is 2. The van der Waals surface area contributed by atoms with Crippen molar-refractivity contribution in [2.45, 2.75) is 17.4 Å². The molecule has 1 aliphatic heterocycles. The van der Waals surface area contributed by atoms with Crippen LogP contribution >= 0.6 is 11.8 Å². The Morgan fingerprint density at radius 1 is 1.29 bits per heavy atom. The van der Waals surface area contributed by atoms with Gasteiger partial charge in [-0.1, -0.05) is 18.2 Å². The quantitative estimate of drug-likeness (QED) is 0.893. The number of carboxylic acid groups (broad SMARTS) is 1. The Bertz CT molecular complexity index is 690. The normalized spacial score (nSPS) is 17.1. The first-order valence-corrected chi connectivity index (χ1v) is 7.65. The minimum atomic E-state index is -1.06.